The molecule has 0 bridgehead atoms. The molecule has 0 radical (unpaired) electrons. The number of hydrogen-bond acceptors (Lipinski definition) is 5. The summed E-state index contributed by atoms with van der Waals surface area (Å²) in [6.07, 6.45) is 5.05. The van der Waals surface area contributed by atoms with Gasteiger partial charge in [0.2, 0.25) is 5.91 Å². The number of carbonyl (C=O) groups is 2. The van der Waals surface area contributed by atoms with Crippen molar-refractivity contribution in [2.45, 2.75) is 51.2 Å². The van der Waals surface area contributed by atoms with Crippen LogP contribution in [0.5, 0.6) is 11.5 Å². The van der Waals surface area contributed by atoms with Crippen LogP contribution < -0.4 is 20.1 Å². The Balaban J connectivity index is 1.27. The largest absolute Gasteiger partial charge is 0.493 e. The number of aromatic amines is 1. The Morgan fingerprint density at radius 2 is 1.89 bits per heavy atom. The van der Waals surface area contributed by atoms with Crippen LogP contribution in [0.15, 0.2) is 48.5 Å². The lowest BCUT2D eigenvalue weighted by Gasteiger charge is -2.31. The summed E-state index contributed by atoms with van der Waals surface area (Å²) in [5.41, 5.74) is 1.84. The number of hydrogen-bond donors (Lipinski definition) is 3. The van der Waals surface area contributed by atoms with Gasteiger partial charge in [-0.15, -0.1) is 0 Å². The number of nitriles is 1. The van der Waals surface area contributed by atoms with Crippen LogP contribution in [0.1, 0.15) is 54.6 Å². The minimum atomic E-state index is -0.391. The molecule has 0 unspecified atom stereocenters. The minimum Gasteiger partial charge on any atom is -0.493 e. The van der Waals surface area contributed by atoms with Gasteiger partial charge in [-0.3, -0.25) is 9.59 Å². The predicted octanol–water partition coefficient (Wildman–Crippen LogP) is 4.46. The summed E-state index contributed by atoms with van der Waals surface area (Å²) in [5, 5.41) is 16.2. The molecule has 1 aromatic heterocycles. The molecule has 8 heteroatoms. The highest BCUT2D eigenvalue weighted by atomic mass is 16.5. The number of methoxy groups -OCH3 is 1. The maximum atomic E-state index is 13.2. The first-order valence-electron chi connectivity index (χ1n) is 12.9. The number of H-pyrrole nitrogens is 1. The number of amides is 2. The van der Waals surface area contributed by atoms with E-state index in [9.17, 15) is 14.9 Å². The molecular weight excluding hydrogens is 468 g/mol. The van der Waals surface area contributed by atoms with E-state index in [-0.39, 0.29) is 23.8 Å². The Kier molecular flexibility index (Phi) is 7.04. The molecule has 0 saturated heterocycles. The Morgan fingerprint density at radius 3 is 2.62 bits per heavy atom. The highest BCUT2D eigenvalue weighted by Gasteiger charge is 2.44. The first-order valence-corrected chi connectivity index (χ1v) is 12.9. The van der Waals surface area contributed by atoms with Crippen LogP contribution in [0.2, 0.25) is 0 Å². The highest BCUT2D eigenvalue weighted by Crippen LogP contribution is 2.44. The number of ether oxygens (including phenoxy) is 2. The van der Waals surface area contributed by atoms with Crippen LogP contribution in [-0.2, 0) is 11.4 Å². The highest BCUT2D eigenvalue weighted by molar-refractivity contribution is 5.99. The Morgan fingerprint density at radius 1 is 1.11 bits per heavy atom. The van der Waals surface area contributed by atoms with Gasteiger partial charge in [0.15, 0.2) is 11.5 Å². The van der Waals surface area contributed by atoms with Gasteiger partial charge >= 0.3 is 0 Å². The summed E-state index contributed by atoms with van der Waals surface area (Å²) in [4.78, 5) is 29.3. The van der Waals surface area contributed by atoms with Crippen molar-refractivity contribution in [2.75, 3.05) is 13.7 Å². The number of fused-ring (bicyclic) bond motifs is 1. The summed E-state index contributed by atoms with van der Waals surface area (Å²) in [6.45, 7) is 0.787. The zero-order chi connectivity index (χ0) is 25.8. The molecule has 2 aliphatic carbocycles. The summed E-state index contributed by atoms with van der Waals surface area (Å²) < 4.78 is 11.5. The molecule has 2 aliphatic rings. The summed E-state index contributed by atoms with van der Waals surface area (Å²) >= 11 is 0. The van der Waals surface area contributed by atoms with Gasteiger partial charge < -0.3 is 25.1 Å². The van der Waals surface area contributed by atoms with Gasteiger partial charge in [0.1, 0.15) is 12.3 Å². The Hall–Kier alpha value is -3.99. The molecule has 2 fully saturated rings. The van der Waals surface area contributed by atoms with E-state index >= 15 is 0 Å². The van der Waals surface area contributed by atoms with E-state index in [1.54, 1.807) is 13.2 Å². The fourth-order valence-corrected chi connectivity index (χ4v) is 5.00. The summed E-state index contributed by atoms with van der Waals surface area (Å²) in [7, 11) is 1.59. The molecule has 2 aromatic carbocycles. The molecule has 2 saturated carbocycles. The molecule has 2 amide bonds. The van der Waals surface area contributed by atoms with E-state index in [1.165, 1.54) is 0 Å². The molecule has 3 aromatic rings. The fraction of sp³-hybridized carbons (Fsp3) is 0.414. The minimum absolute atomic E-state index is 0.0758. The number of nitrogens with one attached hydrogen (secondary N) is 3. The van der Waals surface area contributed by atoms with Gasteiger partial charge in [0, 0.05) is 29.6 Å². The van der Waals surface area contributed by atoms with E-state index in [0.29, 0.717) is 30.3 Å². The molecule has 0 spiro atoms. The Bertz CT molecular complexity index is 1320. The van der Waals surface area contributed by atoms with Crippen molar-refractivity contribution in [3.05, 3.63) is 59.8 Å². The number of carbonyl (C=O) groups excluding carboxylic acids is 2. The predicted molar refractivity (Wildman–Crippen MR) is 139 cm³/mol. The second kappa shape index (κ2) is 10.6. The number of benzene rings is 2. The lowest BCUT2D eigenvalue weighted by Crippen LogP contribution is -2.49. The van der Waals surface area contributed by atoms with Crippen LogP contribution in [-0.4, -0.2) is 36.5 Å². The zero-order valence-corrected chi connectivity index (χ0v) is 21.0. The first-order chi connectivity index (χ1) is 18.0. The molecule has 0 aliphatic heterocycles. The topological polar surface area (TPSA) is 116 Å². The van der Waals surface area contributed by atoms with Gasteiger partial charge in [0.05, 0.1) is 24.5 Å². The molecule has 192 valence electrons. The third kappa shape index (κ3) is 5.56. The monoisotopic (exact) mass is 500 g/mol. The Labute approximate surface area is 216 Å². The third-order valence-corrected chi connectivity index (χ3v) is 7.50. The lowest BCUT2D eigenvalue weighted by molar-refractivity contribution is -0.126. The van der Waals surface area contributed by atoms with Gasteiger partial charge in [-0.05, 0) is 43.4 Å². The van der Waals surface area contributed by atoms with Gasteiger partial charge in [0.25, 0.3) is 5.91 Å². The van der Waals surface area contributed by atoms with Crippen molar-refractivity contribution in [1.29, 1.82) is 5.26 Å². The first kappa shape index (κ1) is 24.7. The number of aromatic nitrogens is 1. The van der Waals surface area contributed by atoms with Crippen molar-refractivity contribution in [3.8, 4) is 17.6 Å². The van der Waals surface area contributed by atoms with E-state index in [1.807, 2.05) is 42.5 Å². The standard InChI is InChI=1S/C29H32N4O4/c1-36-25-14-20-13-24(32-23(20)15-26(25)37-16-19-7-3-2-4-8-19)28(35)33-22-10-6-5-9-21(22)27(34)31-18-29(17-30)11-12-29/h2-4,7-8,13-15,21-22,32H,5-6,9-12,16,18H2,1H3,(H,31,34)(H,33,35)/t21-,22+/m1/s1. The quantitative estimate of drug-likeness (QED) is 0.401. The van der Waals surface area contributed by atoms with Gasteiger partial charge in [-0.2, -0.15) is 5.26 Å². The summed E-state index contributed by atoms with van der Waals surface area (Å²) in [5.74, 6) is 0.553. The molecule has 1 heterocycles. The van der Waals surface area contributed by atoms with E-state index in [2.05, 4.69) is 21.7 Å². The number of nitrogens with zero attached hydrogens (tertiary/aromatic N) is 1. The molecule has 3 N–H and O–H groups in total. The van der Waals surface area contributed by atoms with Crippen LogP contribution in [0.25, 0.3) is 10.9 Å². The van der Waals surface area contributed by atoms with Crippen LogP contribution in [0, 0.1) is 22.7 Å². The molecule has 5 rings (SSSR count). The molecule has 2 atom stereocenters. The molecular formula is C29H32N4O4. The lowest BCUT2D eigenvalue weighted by atomic mass is 9.83. The number of rotatable bonds is 9. The van der Waals surface area contributed by atoms with Gasteiger partial charge in [-0.1, -0.05) is 43.2 Å². The van der Waals surface area contributed by atoms with E-state index in [0.717, 1.165) is 55.0 Å². The maximum absolute atomic E-state index is 13.2. The van der Waals surface area contributed by atoms with Gasteiger partial charge in [-0.25, -0.2) is 0 Å². The van der Waals surface area contributed by atoms with Crippen molar-refractivity contribution in [1.82, 2.24) is 15.6 Å². The smallest absolute Gasteiger partial charge is 0.267 e. The van der Waals surface area contributed by atoms with Crippen LogP contribution >= 0.6 is 0 Å². The third-order valence-electron chi connectivity index (χ3n) is 7.50. The van der Waals surface area contributed by atoms with E-state index < -0.39 is 5.41 Å². The van der Waals surface area contributed by atoms with Crippen molar-refractivity contribution >= 4 is 22.7 Å². The second-order valence-electron chi connectivity index (χ2n) is 10.1. The molecule has 8 nitrogen and oxygen atoms in total. The van der Waals surface area contributed by atoms with Crippen LogP contribution in [0.4, 0.5) is 0 Å². The average molecular weight is 501 g/mol. The normalized spacial score (nSPS) is 20.0. The van der Waals surface area contributed by atoms with Crippen molar-refractivity contribution in [3.63, 3.8) is 0 Å². The van der Waals surface area contributed by atoms with Crippen LogP contribution in [0.3, 0.4) is 0 Å². The molecule has 37 heavy (non-hydrogen) atoms. The SMILES string of the molecule is COc1cc2cc(C(=O)N[C@H]3CCCC[C@H]3C(=O)NCC3(C#N)CC3)[nH]c2cc1OCc1ccccc1. The maximum Gasteiger partial charge on any atom is 0.267 e. The average Bonchev–Trinajstić information content (AvgIpc) is 3.60. The summed E-state index contributed by atoms with van der Waals surface area (Å²) in [6, 6.07) is 17.4. The van der Waals surface area contributed by atoms with E-state index in [4.69, 9.17) is 9.47 Å². The second-order valence-corrected chi connectivity index (χ2v) is 10.1. The van der Waals surface area contributed by atoms with Crippen molar-refractivity contribution in [2.24, 2.45) is 11.3 Å². The zero-order valence-electron chi connectivity index (χ0n) is 21.0. The van der Waals surface area contributed by atoms with Crippen molar-refractivity contribution < 1.29 is 19.1 Å². The fourth-order valence-electron chi connectivity index (χ4n) is 5.00.